The summed E-state index contributed by atoms with van der Waals surface area (Å²) in [5.41, 5.74) is 3.28. The van der Waals surface area contributed by atoms with Crippen LogP contribution in [0.25, 0.3) is 9.53 Å². The molecule has 2 heterocycles. The first-order valence-corrected chi connectivity index (χ1v) is 17.2. The number of thiophene rings is 1. The van der Waals surface area contributed by atoms with Crippen molar-refractivity contribution >= 4 is 67.7 Å². The molecule has 0 unspecified atom stereocenters. The van der Waals surface area contributed by atoms with Gasteiger partial charge < -0.3 is 14.1 Å². The Kier molecular flexibility index (Phi) is 9.95. The quantitative estimate of drug-likeness (QED) is 0.0894. The number of hydrogen-bond donors (Lipinski definition) is 0. The predicted octanol–water partition coefficient (Wildman–Crippen LogP) is 10.0. The Morgan fingerprint density at radius 2 is 1.49 bits per heavy atom. The van der Waals surface area contributed by atoms with E-state index in [0.29, 0.717) is 23.9 Å². The van der Waals surface area contributed by atoms with Crippen molar-refractivity contribution in [1.29, 1.82) is 0 Å². The van der Waals surface area contributed by atoms with Gasteiger partial charge in [-0.3, -0.25) is 0 Å². The van der Waals surface area contributed by atoms with E-state index in [-0.39, 0.29) is 0 Å². The van der Waals surface area contributed by atoms with Crippen LogP contribution in [0.2, 0.25) is 17.6 Å². The summed E-state index contributed by atoms with van der Waals surface area (Å²) in [4.78, 5) is 7.50. The number of ether oxygens (including phenoxy) is 1. The lowest BCUT2D eigenvalue weighted by molar-refractivity contribution is 0.205. The third-order valence-electron chi connectivity index (χ3n) is 6.77. The van der Waals surface area contributed by atoms with E-state index >= 15 is 0 Å². The zero-order valence-corrected chi connectivity index (χ0v) is 26.1. The maximum Gasteiger partial charge on any atom is 0.231 e. The summed E-state index contributed by atoms with van der Waals surface area (Å²) >= 11 is 2.97. The van der Waals surface area contributed by atoms with Crippen LogP contribution in [0.3, 0.4) is 0 Å². The molecule has 2 aromatic carbocycles. The molecule has 11 heteroatoms. The highest BCUT2D eigenvalue weighted by Gasteiger charge is 2.34. The van der Waals surface area contributed by atoms with Crippen molar-refractivity contribution in [2.24, 2.45) is 20.5 Å². The molecule has 0 spiro atoms. The molecule has 0 aliphatic carbocycles. The molecule has 0 atom stereocenters. The fourth-order valence-corrected chi connectivity index (χ4v) is 9.49. The number of azo groups is 2. The molecule has 0 saturated carbocycles. The van der Waals surface area contributed by atoms with Gasteiger partial charge in [0, 0.05) is 19.8 Å². The minimum Gasteiger partial charge on any atom is -0.491 e. The predicted molar refractivity (Wildman–Crippen MR) is 166 cm³/mol. The van der Waals surface area contributed by atoms with Crippen LogP contribution >= 0.6 is 22.7 Å². The van der Waals surface area contributed by atoms with Gasteiger partial charge in [0.1, 0.15) is 22.2 Å². The topological polar surface area (TPSA) is 84.0 Å². The van der Waals surface area contributed by atoms with E-state index < -0.39 is 8.32 Å². The lowest BCUT2D eigenvalue weighted by Crippen LogP contribution is -2.41. The molecule has 0 aliphatic rings. The van der Waals surface area contributed by atoms with E-state index in [1.807, 2.05) is 73.6 Å². The van der Waals surface area contributed by atoms with Crippen molar-refractivity contribution in [3.05, 3.63) is 54.6 Å². The van der Waals surface area contributed by atoms with Crippen molar-refractivity contribution in [2.45, 2.75) is 45.3 Å². The minimum atomic E-state index is -1.67. The van der Waals surface area contributed by atoms with Crippen molar-refractivity contribution in [3.8, 4) is 5.75 Å². The van der Waals surface area contributed by atoms with Crippen LogP contribution in [-0.4, -0.2) is 40.6 Å². The molecule has 0 aliphatic heterocycles. The molecule has 0 bridgehead atoms. The Morgan fingerprint density at radius 3 is 2.08 bits per heavy atom. The number of nitrogens with zero attached hydrogens (tertiary/aromatic N) is 6. The molecule has 4 rings (SSSR count). The summed E-state index contributed by atoms with van der Waals surface area (Å²) in [7, 11) is 2.35. The highest BCUT2D eigenvalue weighted by molar-refractivity contribution is 7.30. The van der Waals surface area contributed by atoms with Gasteiger partial charge in [0.15, 0.2) is 8.32 Å². The normalized spacial score (nSPS) is 12.4. The fourth-order valence-electron chi connectivity index (χ4n) is 4.28. The molecular formula is C28H36N6O2S2Si. The monoisotopic (exact) mass is 580 g/mol. The lowest BCUT2D eigenvalue weighted by Gasteiger charge is -2.33. The number of rotatable bonds is 13. The second-order valence-corrected chi connectivity index (χ2v) is 16.7. The zero-order chi connectivity index (χ0) is 27.8. The van der Waals surface area contributed by atoms with E-state index in [1.54, 1.807) is 0 Å². The van der Waals surface area contributed by atoms with Crippen LogP contribution in [0.4, 0.5) is 27.2 Å². The first-order chi connectivity index (χ1) is 18.8. The summed E-state index contributed by atoms with van der Waals surface area (Å²) in [6, 6.07) is 19.8. The average Bonchev–Trinajstić information content (AvgIpc) is 3.50. The van der Waals surface area contributed by atoms with E-state index in [4.69, 9.17) is 9.16 Å². The van der Waals surface area contributed by atoms with Gasteiger partial charge in [0.25, 0.3) is 0 Å². The Labute approximate surface area is 239 Å². The number of benzene rings is 2. The molecular weight excluding hydrogens is 545 g/mol. The van der Waals surface area contributed by atoms with Crippen LogP contribution in [0.1, 0.15) is 27.7 Å². The Hall–Kier alpha value is -2.99. The smallest absolute Gasteiger partial charge is 0.231 e. The van der Waals surface area contributed by atoms with Crippen LogP contribution in [-0.2, 0) is 4.43 Å². The van der Waals surface area contributed by atoms with Crippen LogP contribution in [0, 0.1) is 0 Å². The molecule has 39 heavy (non-hydrogen) atoms. The summed E-state index contributed by atoms with van der Waals surface area (Å²) < 4.78 is 13.3. The van der Waals surface area contributed by atoms with E-state index in [9.17, 15) is 0 Å². The van der Waals surface area contributed by atoms with Gasteiger partial charge in [0.2, 0.25) is 5.13 Å². The van der Waals surface area contributed by atoms with Gasteiger partial charge in [-0.15, -0.1) is 20.5 Å². The highest BCUT2D eigenvalue weighted by Crippen LogP contribution is 2.39. The summed E-state index contributed by atoms with van der Waals surface area (Å²) in [5.74, 6) is 0.804. The molecule has 2 aromatic heterocycles. The van der Waals surface area contributed by atoms with Gasteiger partial charge >= 0.3 is 0 Å². The van der Waals surface area contributed by atoms with E-state index in [2.05, 4.69) is 53.1 Å². The maximum absolute atomic E-state index is 6.36. The maximum atomic E-state index is 6.36. The van der Waals surface area contributed by atoms with Crippen molar-refractivity contribution < 1.29 is 9.16 Å². The summed E-state index contributed by atoms with van der Waals surface area (Å²) in [5, 5.41) is 18.8. The molecule has 0 N–H and O–H groups in total. The molecule has 0 saturated heterocycles. The second-order valence-electron chi connectivity index (χ2n) is 9.68. The van der Waals surface area contributed by atoms with E-state index in [0.717, 1.165) is 49.4 Å². The van der Waals surface area contributed by atoms with Crippen molar-refractivity contribution in [3.63, 3.8) is 0 Å². The lowest BCUT2D eigenvalue weighted by atomic mass is 10.3. The zero-order valence-electron chi connectivity index (χ0n) is 23.4. The summed E-state index contributed by atoms with van der Waals surface area (Å²) in [6.07, 6.45) is 0. The molecule has 0 fully saturated rings. The number of hydrogen-bond acceptors (Lipinski definition) is 10. The molecule has 4 aromatic rings. The van der Waals surface area contributed by atoms with Crippen LogP contribution < -0.4 is 9.64 Å². The first-order valence-electron chi connectivity index (χ1n) is 13.2. The molecule has 206 valence electrons. The van der Waals surface area contributed by atoms with Gasteiger partial charge in [-0.1, -0.05) is 50.4 Å². The SMILES string of the molecule is CC[Si](CC)(OCCOc1ccc(N=Nc2cc3sc(N=Nc4ccc(N(C)C)cc4)nc3s2)cc1)C(C)C. The Bertz CT molecular complexity index is 1360. The first kappa shape index (κ1) is 29.0. The number of anilines is 1. The third kappa shape index (κ3) is 7.56. The largest absolute Gasteiger partial charge is 0.491 e. The molecule has 0 radical (unpaired) electrons. The highest BCUT2D eigenvalue weighted by atomic mass is 32.1. The van der Waals surface area contributed by atoms with Crippen molar-refractivity contribution in [1.82, 2.24) is 4.98 Å². The minimum absolute atomic E-state index is 0.547. The van der Waals surface area contributed by atoms with Crippen LogP contribution in [0.15, 0.2) is 75.1 Å². The summed E-state index contributed by atoms with van der Waals surface area (Å²) in [6.45, 7) is 10.2. The van der Waals surface area contributed by atoms with Gasteiger partial charge in [-0.25, -0.2) is 4.98 Å². The molecule has 0 amide bonds. The average molecular weight is 581 g/mol. The standard InChI is InChI=1S/C28H36N6O2S2Si/c1-7-39(8-2,20(3)4)36-18-17-35-24-15-11-22(12-16-24)30-32-26-19-25-27(38-26)29-28(37-25)33-31-21-9-13-23(14-10-21)34(5)6/h9-16,19-20H,7-8,17-18H2,1-6H3. The van der Waals surface area contributed by atoms with Crippen LogP contribution in [0.5, 0.6) is 5.75 Å². The van der Waals surface area contributed by atoms with Gasteiger partial charge in [0.05, 0.1) is 22.7 Å². The number of thiazole rings is 1. The third-order valence-corrected chi connectivity index (χ3v) is 14.0. The van der Waals surface area contributed by atoms with E-state index in [1.165, 1.54) is 22.7 Å². The number of fused-ring (bicyclic) bond motifs is 1. The second kappa shape index (κ2) is 13.4. The van der Waals surface area contributed by atoms with Gasteiger partial charge in [-0.05, 0) is 72.2 Å². The van der Waals surface area contributed by atoms with Gasteiger partial charge in [-0.2, -0.15) is 0 Å². The number of aromatic nitrogens is 1. The Balaban J connectivity index is 1.29. The molecule has 8 nitrogen and oxygen atoms in total. The van der Waals surface area contributed by atoms with Crippen molar-refractivity contribution in [2.75, 3.05) is 32.2 Å². The Morgan fingerprint density at radius 1 is 0.846 bits per heavy atom. The fraction of sp³-hybridized carbons (Fsp3) is 0.393.